The second-order valence-corrected chi connectivity index (χ2v) is 6.87. The number of nitrogens with zero attached hydrogens (tertiary/aromatic N) is 1. The molecule has 1 amide bonds. The van der Waals surface area contributed by atoms with Crippen LogP contribution in [0.3, 0.4) is 0 Å². The van der Waals surface area contributed by atoms with E-state index >= 15 is 0 Å². The molecule has 1 aliphatic rings. The molecule has 0 saturated carbocycles. The van der Waals surface area contributed by atoms with E-state index in [4.69, 9.17) is 0 Å². The number of rotatable bonds is 2. The van der Waals surface area contributed by atoms with E-state index in [-0.39, 0.29) is 16.3 Å². The first-order valence-corrected chi connectivity index (χ1v) is 7.90. The van der Waals surface area contributed by atoms with Crippen LogP contribution >= 0.6 is 11.8 Å². The van der Waals surface area contributed by atoms with E-state index in [1.807, 2.05) is 24.0 Å². The van der Waals surface area contributed by atoms with Crippen LogP contribution in [0.5, 0.6) is 0 Å². The number of hydrogen-bond acceptors (Lipinski definition) is 3. The van der Waals surface area contributed by atoms with Crippen LogP contribution in [0, 0.1) is 6.92 Å². The van der Waals surface area contributed by atoms with Crippen molar-refractivity contribution >= 4 is 39.2 Å². The second-order valence-electron chi connectivity index (χ2n) is 5.39. The van der Waals surface area contributed by atoms with Gasteiger partial charge in [-0.2, -0.15) is 0 Å². The van der Waals surface area contributed by atoms with Crippen LogP contribution in [0.25, 0.3) is 10.8 Å². The summed E-state index contributed by atoms with van der Waals surface area (Å²) in [6.45, 7) is 4.19. The molecule has 0 bridgehead atoms. The SMILES string of the molecule is CC(=O)SC1CC(=O)N(c2c(C)ccc3ccccc23)C1. The Morgan fingerprint density at radius 1 is 1.24 bits per heavy atom. The molecule has 21 heavy (non-hydrogen) atoms. The Morgan fingerprint density at radius 2 is 2.00 bits per heavy atom. The van der Waals surface area contributed by atoms with Crippen molar-refractivity contribution in [1.29, 1.82) is 0 Å². The fraction of sp³-hybridized carbons (Fsp3) is 0.294. The zero-order valence-corrected chi connectivity index (χ0v) is 12.9. The molecule has 1 fully saturated rings. The van der Waals surface area contributed by atoms with Gasteiger partial charge in [0.05, 0.1) is 5.69 Å². The first-order chi connectivity index (χ1) is 10.1. The van der Waals surface area contributed by atoms with Crippen LogP contribution in [-0.4, -0.2) is 22.8 Å². The maximum absolute atomic E-state index is 12.4. The number of aryl methyl sites for hydroxylation is 1. The van der Waals surface area contributed by atoms with Crippen LogP contribution in [-0.2, 0) is 9.59 Å². The fourth-order valence-corrected chi connectivity index (χ4v) is 3.85. The lowest BCUT2D eigenvalue weighted by Crippen LogP contribution is -2.26. The van der Waals surface area contributed by atoms with Crippen molar-refractivity contribution in [2.45, 2.75) is 25.5 Å². The molecule has 1 unspecified atom stereocenters. The first-order valence-electron chi connectivity index (χ1n) is 7.02. The summed E-state index contributed by atoms with van der Waals surface area (Å²) in [4.78, 5) is 25.5. The minimum atomic E-state index is 0.0633. The molecule has 3 rings (SSSR count). The van der Waals surface area contributed by atoms with E-state index in [0.29, 0.717) is 13.0 Å². The molecule has 2 aromatic carbocycles. The summed E-state index contributed by atoms with van der Waals surface area (Å²) in [5, 5.41) is 2.37. The van der Waals surface area contributed by atoms with E-state index < -0.39 is 0 Å². The third-order valence-electron chi connectivity index (χ3n) is 3.79. The molecule has 0 N–H and O–H groups in total. The smallest absolute Gasteiger partial charge is 0.228 e. The van der Waals surface area contributed by atoms with Crippen molar-refractivity contribution in [2.75, 3.05) is 11.4 Å². The Labute approximate surface area is 128 Å². The normalized spacial score (nSPS) is 18.5. The van der Waals surface area contributed by atoms with Crippen LogP contribution in [0.4, 0.5) is 5.69 Å². The van der Waals surface area contributed by atoms with Crippen molar-refractivity contribution in [1.82, 2.24) is 0 Å². The van der Waals surface area contributed by atoms with Gasteiger partial charge in [-0.15, -0.1) is 0 Å². The lowest BCUT2D eigenvalue weighted by atomic mass is 10.0. The van der Waals surface area contributed by atoms with Crippen molar-refractivity contribution in [3.05, 3.63) is 42.0 Å². The molecule has 1 saturated heterocycles. The third-order valence-corrected chi connectivity index (χ3v) is 4.78. The number of benzene rings is 2. The van der Waals surface area contributed by atoms with Gasteiger partial charge >= 0.3 is 0 Å². The van der Waals surface area contributed by atoms with Gasteiger partial charge in [0.1, 0.15) is 0 Å². The minimum Gasteiger partial charge on any atom is -0.310 e. The van der Waals surface area contributed by atoms with Gasteiger partial charge < -0.3 is 4.90 Å². The Hall–Kier alpha value is -1.81. The molecule has 2 aromatic rings. The predicted octanol–water partition coefficient (Wildman–Crippen LogP) is 3.53. The highest BCUT2D eigenvalue weighted by Crippen LogP contribution is 2.35. The predicted molar refractivity (Wildman–Crippen MR) is 87.7 cm³/mol. The van der Waals surface area contributed by atoms with Gasteiger partial charge in [-0.3, -0.25) is 9.59 Å². The average molecular weight is 299 g/mol. The lowest BCUT2D eigenvalue weighted by Gasteiger charge is -2.21. The van der Waals surface area contributed by atoms with Crippen molar-refractivity contribution in [3.63, 3.8) is 0 Å². The van der Waals surface area contributed by atoms with E-state index in [2.05, 4.69) is 24.3 Å². The topological polar surface area (TPSA) is 37.4 Å². The summed E-state index contributed by atoms with van der Waals surface area (Å²) in [6, 6.07) is 12.2. The monoisotopic (exact) mass is 299 g/mol. The van der Waals surface area contributed by atoms with Crippen LogP contribution < -0.4 is 4.90 Å². The van der Waals surface area contributed by atoms with E-state index in [0.717, 1.165) is 22.0 Å². The van der Waals surface area contributed by atoms with Crippen molar-refractivity contribution in [2.24, 2.45) is 0 Å². The molecule has 0 aromatic heterocycles. The lowest BCUT2D eigenvalue weighted by molar-refractivity contribution is -0.117. The quantitative estimate of drug-likeness (QED) is 0.851. The summed E-state index contributed by atoms with van der Waals surface area (Å²) < 4.78 is 0. The van der Waals surface area contributed by atoms with E-state index in [1.165, 1.54) is 11.8 Å². The Kier molecular flexibility index (Phi) is 3.72. The Balaban J connectivity index is 2.02. The molecule has 3 nitrogen and oxygen atoms in total. The first kappa shape index (κ1) is 14.1. The maximum atomic E-state index is 12.4. The second kappa shape index (κ2) is 5.53. The highest BCUT2D eigenvalue weighted by atomic mass is 32.2. The number of amides is 1. The molecule has 4 heteroatoms. The maximum Gasteiger partial charge on any atom is 0.228 e. The van der Waals surface area contributed by atoms with Gasteiger partial charge in [0.25, 0.3) is 0 Å². The summed E-state index contributed by atoms with van der Waals surface area (Å²) in [7, 11) is 0. The van der Waals surface area contributed by atoms with Crippen molar-refractivity contribution in [3.8, 4) is 0 Å². The van der Waals surface area contributed by atoms with Gasteiger partial charge in [-0.1, -0.05) is 48.2 Å². The van der Waals surface area contributed by atoms with Gasteiger partial charge in [-0.05, 0) is 17.9 Å². The number of hydrogen-bond donors (Lipinski definition) is 0. The van der Waals surface area contributed by atoms with Gasteiger partial charge in [0.15, 0.2) is 5.12 Å². The van der Waals surface area contributed by atoms with Gasteiger partial charge in [0.2, 0.25) is 5.91 Å². The number of thioether (sulfide) groups is 1. The highest BCUT2D eigenvalue weighted by molar-refractivity contribution is 8.14. The summed E-state index contributed by atoms with van der Waals surface area (Å²) >= 11 is 1.27. The van der Waals surface area contributed by atoms with E-state index in [1.54, 1.807) is 6.92 Å². The number of fused-ring (bicyclic) bond motifs is 1. The number of anilines is 1. The Bertz CT molecular complexity index is 726. The average Bonchev–Trinajstić information content (AvgIpc) is 2.78. The largest absolute Gasteiger partial charge is 0.310 e. The zero-order valence-electron chi connectivity index (χ0n) is 12.1. The molecular weight excluding hydrogens is 282 g/mol. The standard InChI is InChI=1S/C17H17NO2S/c1-11-7-8-13-5-3-4-6-15(13)17(11)18-10-14(9-16(18)20)21-12(2)19/h3-8,14H,9-10H2,1-2H3. The fourth-order valence-electron chi connectivity index (χ4n) is 2.93. The van der Waals surface area contributed by atoms with Crippen LogP contribution in [0.2, 0.25) is 0 Å². The van der Waals surface area contributed by atoms with Crippen LogP contribution in [0.1, 0.15) is 18.9 Å². The molecule has 1 atom stereocenters. The van der Waals surface area contributed by atoms with Crippen LogP contribution in [0.15, 0.2) is 36.4 Å². The molecule has 0 radical (unpaired) electrons. The zero-order chi connectivity index (χ0) is 15.0. The molecule has 108 valence electrons. The van der Waals surface area contributed by atoms with E-state index in [9.17, 15) is 9.59 Å². The van der Waals surface area contributed by atoms with Crippen molar-refractivity contribution < 1.29 is 9.59 Å². The summed E-state index contributed by atoms with van der Waals surface area (Å²) in [6.07, 6.45) is 0.437. The third kappa shape index (κ3) is 2.68. The summed E-state index contributed by atoms with van der Waals surface area (Å²) in [5.41, 5.74) is 2.08. The van der Waals surface area contributed by atoms with Gasteiger partial charge in [0, 0.05) is 30.5 Å². The molecule has 1 heterocycles. The number of carbonyl (C=O) groups excluding carboxylic acids is 2. The highest BCUT2D eigenvalue weighted by Gasteiger charge is 2.33. The number of carbonyl (C=O) groups is 2. The minimum absolute atomic E-state index is 0.0633. The summed E-state index contributed by atoms with van der Waals surface area (Å²) in [5.74, 6) is 0.105. The molecule has 1 aliphatic heterocycles. The molecule has 0 aliphatic carbocycles. The molecule has 0 spiro atoms. The van der Waals surface area contributed by atoms with Gasteiger partial charge in [-0.25, -0.2) is 0 Å². The Morgan fingerprint density at radius 3 is 2.76 bits per heavy atom. The molecular formula is C17H17NO2S.